The molecular weight excluding hydrogens is 304 g/mol. The average Bonchev–Trinajstić information content (AvgIpc) is 3.00. The molecule has 0 radical (unpaired) electrons. The van der Waals surface area contributed by atoms with E-state index in [9.17, 15) is 9.59 Å². The number of nitrogens with zero attached hydrogens (tertiary/aromatic N) is 2. The van der Waals surface area contributed by atoms with E-state index in [4.69, 9.17) is 4.74 Å². The highest BCUT2D eigenvalue weighted by molar-refractivity contribution is 5.81. The number of carbonyl (C=O) groups excluding carboxylic acids is 2. The van der Waals surface area contributed by atoms with Crippen LogP contribution >= 0.6 is 0 Å². The van der Waals surface area contributed by atoms with Crippen LogP contribution in [0.25, 0.3) is 0 Å². The van der Waals surface area contributed by atoms with Gasteiger partial charge in [0.15, 0.2) is 0 Å². The Balaban J connectivity index is 1.52. The summed E-state index contributed by atoms with van der Waals surface area (Å²) in [6, 6.07) is 0.208. The number of carbonyl (C=O) groups is 2. The van der Waals surface area contributed by atoms with Crippen LogP contribution in [0.4, 0.5) is 0 Å². The molecule has 0 spiro atoms. The normalized spacial score (nSPS) is 32.9. The zero-order chi connectivity index (χ0) is 17.1. The highest BCUT2D eigenvalue weighted by atomic mass is 16.5. The van der Waals surface area contributed by atoms with Crippen molar-refractivity contribution >= 4 is 11.8 Å². The maximum atomic E-state index is 12.8. The number of hydrogen-bond acceptors (Lipinski definition) is 3. The van der Waals surface area contributed by atoms with Crippen molar-refractivity contribution in [2.75, 3.05) is 19.6 Å². The molecule has 1 saturated carbocycles. The van der Waals surface area contributed by atoms with Crippen molar-refractivity contribution in [3.63, 3.8) is 0 Å². The SMILES string of the molecule is C[C@@H]1CCC[C@H](O[C@@H](C)C(=O)N2CCC[C@@H](N3CCCC3=O)C2)C1. The molecule has 0 aromatic heterocycles. The summed E-state index contributed by atoms with van der Waals surface area (Å²) in [6.45, 7) is 6.50. The number of ether oxygens (including phenoxy) is 1. The minimum atomic E-state index is -0.367. The van der Waals surface area contributed by atoms with E-state index in [-0.39, 0.29) is 30.1 Å². The van der Waals surface area contributed by atoms with Crippen LogP contribution in [0.5, 0.6) is 0 Å². The minimum Gasteiger partial charge on any atom is -0.365 e. The van der Waals surface area contributed by atoms with Crippen LogP contribution in [0, 0.1) is 5.92 Å². The van der Waals surface area contributed by atoms with Gasteiger partial charge in [-0.05, 0) is 44.9 Å². The van der Waals surface area contributed by atoms with Gasteiger partial charge in [0.1, 0.15) is 6.10 Å². The fourth-order valence-electron chi connectivity index (χ4n) is 4.57. The lowest BCUT2D eigenvalue weighted by molar-refractivity contribution is -0.151. The van der Waals surface area contributed by atoms with Crippen LogP contribution in [0.15, 0.2) is 0 Å². The molecule has 24 heavy (non-hydrogen) atoms. The highest BCUT2D eigenvalue weighted by Gasteiger charge is 2.34. The molecule has 0 N–H and O–H groups in total. The van der Waals surface area contributed by atoms with E-state index in [1.165, 1.54) is 12.8 Å². The van der Waals surface area contributed by atoms with Crippen molar-refractivity contribution in [3.8, 4) is 0 Å². The van der Waals surface area contributed by atoms with E-state index < -0.39 is 0 Å². The van der Waals surface area contributed by atoms with Crippen molar-refractivity contribution in [1.29, 1.82) is 0 Å². The van der Waals surface area contributed by atoms with Gasteiger partial charge in [0, 0.05) is 32.1 Å². The van der Waals surface area contributed by atoms with Crippen LogP contribution in [-0.2, 0) is 14.3 Å². The summed E-state index contributed by atoms with van der Waals surface area (Å²) in [5, 5.41) is 0. The summed E-state index contributed by atoms with van der Waals surface area (Å²) in [7, 11) is 0. The molecule has 1 aliphatic carbocycles. The molecule has 0 unspecified atom stereocenters. The van der Waals surface area contributed by atoms with E-state index in [1.54, 1.807) is 0 Å². The van der Waals surface area contributed by atoms with Crippen molar-refractivity contribution in [2.24, 2.45) is 5.92 Å². The molecule has 0 aromatic rings. The van der Waals surface area contributed by atoms with E-state index in [0.717, 1.165) is 45.2 Å². The predicted molar refractivity (Wildman–Crippen MR) is 92.5 cm³/mol. The lowest BCUT2D eigenvalue weighted by Gasteiger charge is -2.39. The summed E-state index contributed by atoms with van der Waals surface area (Å²) >= 11 is 0. The molecule has 2 aliphatic heterocycles. The van der Waals surface area contributed by atoms with E-state index in [2.05, 4.69) is 6.92 Å². The Morgan fingerprint density at radius 3 is 2.71 bits per heavy atom. The highest BCUT2D eigenvalue weighted by Crippen LogP contribution is 2.27. The average molecular weight is 336 g/mol. The van der Waals surface area contributed by atoms with Crippen molar-refractivity contribution < 1.29 is 14.3 Å². The Labute approximate surface area is 145 Å². The van der Waals surface area contributed by atoms with Gasteiger partial charge in [0.25, 0.3) is 5.91 Å². The third kappa shape index (κ3) is 4.11. The van der Waals surface area contributed by atoms with Crippen LogP contribution < -0.4 is 0 Å². The van der Waals surface area contributed by atoms with Crippen molar-refractivity contribution in [1.82, 2.24) is 9.80 Å². The molecule has 2 saturated heterocycles. The Hall–Kier alpha value is -1.10. The van der Waals surface area contributed by atoms with Gasteiger partial charge < -0.3 is 14.5 Å². The minimum absolute atomic E-state index is 0.101. The van der Waals surface area contributed by atoms with Gasteiger partial charge in [-0.25, -0.2) is 0 Å². The summed E-state index contributed by atoms with van der Waals surface area (Å²) in [4.78, 5) is 28.7. The first-order valence-electron chi connectivity index (χ1n) is 9.78. The van der Waals surface area contributed by atoms with Gasteiger partial charge >= 0.3 is 0 Å². The van der Waals surface area contributed by atoms with Gasteiger partial charge in [-0.1, -0.05) is 19.8 Å². The maximum Gasteiger partial charge on any atom is 0.251 e. The number of likely N-dealkylation sites (tertiary alicyclic amines) is 2. The Kier molecular flexibility index (Phi) is 5.80. The molecule has 5 nitrogen and oxygen atoms in total. The quantitative estimate of drug-likeness (QED) is 0.793. The van der Waals surface area contributed by atoms with Gasteiger partial charge in [-0.3, -0.25) is 9.59 Å². The van der Waals surface area contributed by atoms with E-state index in [1.807, 2.05) is 16.7 Å². The molecule has 0 bridgehead atoms. The number of amides is 2. The van der Waals surface area contributed by atoms with Gasteiger partial charge in [0.05, 0.1) is 6.10 Å². The lowest BCUT2D eigenvalue weighted by atomic mass is 9.88. The molecule has 4 atom stereocenters. The van der Waals surface area contributed by atoms with Gasteiger partial charge in [-0.15, -0.1) is 0 Å². The van der Waals surface area contributed by atoms with Gasteiger partial charge in [0.2, 0.25) is 5.91 Å². The Morgan fingerprint density at radius 2 is 2.00 bits per heavy atom. The standard InChI is InChI=1S/C19H32N2O3/c1-14-6-3-8-17(12-14)24-15(2)19(23)20-10-4-7-16(13-20)21-11-5-9-18(21)22/h14-17H,3-13H2,1-2H3/t14-,15+,16-,17+/m1/s1. The predicted octanol–water partition coefficient (Wildman–Crippen LogP) is 2.58. The molecule has 3 aliphatic rings. The summed E-state index contributed by atoms with van der Waals surface area (Å²) in [5.41, 5.74) is 0. The van der Waals surface area contributed by atoms with Crippen LogP contribution in [0.2, 0.25) is 0 Å². The topological polar surface area (TPSA) is 49.9 Å². The number of rotatable bonds is 4. The second-order valence-electron chi connectivity index (χ2n) is 7.94. The second kappa shape index (κ2) is 7.85. The summed E-state index contributed by atoms with van der Waals surface area (Å²) in [6.07, 6.45) is 8.12. The first-order chi connectivity index (χ1) is 11.5. The summed E-state index contributed by atoms with van der Waals surface area (Å²) < 4.78 is 6.09. The fraction of sp³-hybridized carbons (Fsp3) is 0.895. The van der Waals surface area contributed by atoms with Gasteiger partial charge in [-0.2, -0.15) is 0 Å². The van der Waals surface area contributed by atoms with E-state index in [0.29, 0.717) is 18.9 Å². The second-order valence-corrected chi connectivity index (χ2v) is 7.94. The molecule has 3 rings (SSSR count). The molecular formula is C19H32N2O3. The lowest BCUT2D eigenvalue weighted by Crippen LogP contribution is -2.52. The first-order valence-corrected chi connectivity index (χ1v) is 9.78. The molecule has 0 aromatic carbocycles. The first kappa shape index (κ1) is 17.7. The molecule has 5 heteroatoms. The van der Waals surface area contributed by atoms with Crippen LogP contribution in [0.1, 0.15) is 65.2 Å². The number of piperidine rings is 1. The van der Waals surface area contributed by atoms with Crippen molar-refractivity contribution in [3.05, 3.63) is 0 Å². The smallest absolute Gasteiger partial charge is 0.251 e. The van der Waals surface area contributed by atoms with E-state index >= 15 is 0 Å². The Bertz CT molecular complexity index is 468. The van der Waals surface area contributed by atoms with Crippen LogP contribution in [0.3, 0.4) is 0 Å². The third-order valence-corrected chi connectivity index (χ3v) is 5.89. The number of hydrogen-bond donors (Lipinski definition) is 0. The molecule has 2 heterocycles. The third-order valence-electron chi connectivity index (χ3n) is 5.89. The largest absolute Gasteiger partial charge is 0.365 e. The molecule has 2 amide bonds. The van der Waals surface area contributed by atoms with Crippen LogP contribution in [-0.4, -0.2) is 59.5 Å². The summed E-state index contributed by atoms with van der Waals surface area (Å²) in [5.74, 6) is 1.06. The maximum absolute atomic E-state index is 12.8. The molecule has 3 fully saturated rings. The zero-order valence-electron chi connectivity index (χ0n) is 15.2. The Morgan fingerprint density at radius 1 is 1.17 bits per heavy atom. The monoisotopic (exact) mass is 336 g/mol. The fourth-order valence-corrected chi connectivity index (χ4v) is 4.57. The van der Waals surface area contributed by atoms with Crippen molar-refractivity contribution in [2.45, 2.75) is 83.5 Å². The zero-order valence-corrected chi connectivity index (χ0v) is 15.2. The molecule has 136 valence electrons.